The van der Waals surface area contributed by atoms with Crippen molar-refractivity contribution in [3.63, 3.8) is 0 Å². The molecule has 2 aromatic carbocycles. The summed E-state index contributed by atoms with van der Waals surface area (Å²) in [6.07, 6.45) is 1.80. The van der Waals surface area contributed by atoms with Gasteiger partial charge in [0.05, 0.1) is 5.02 Å². The fraction of sp³-hybridized carbons (Fsp3) is 0.238. The van der Waals surface area contributed by atoms with Gasteiger partial charge in [-0.15, -0.1) is 11.3 Å². The number of rotatable bonds is 5. The van der Waals surface area contributed by atoms with Gasteiger partial charge in [-0.1, -0.05) is 48.0 Å². The van der Waals surface area contributed by atoms with E-state index >= 15 is 0 Å². The largest absolute Gasteiger partial charge is 0.482 e. The highest BCUT2D eigenvalue weighted by molar-refractivity contribution is 7.13. The zero-order valence-corrected chi connectivity index (χ0v) is 16.8. The van der Waals surface area contributed by atoms with Crippen LogP contribution in [-0.4, -0.2) is 48.6 Å². The second-order valence-electron chi connectivity index (χ2n) is 6.48. The average Bonchev–Trinajstić information content (AvgIpc) is 3.28. The van der Waals surface area contributed by atoms with Crippen LogP contribution >= 0.6 is 22.9 Å². The summed E-state index contributed by atoms with van der Waals surface area (Å²) in [5.41, 5.74) is 2.10. The van der Waals surface area contributed by atoms with Crippen LogP contribution in [0.3, 0.4) is 0 Å². The number of hydrogen-bond donors (Lipinski definition) is 0. The molecule has 0 radical (unpaired) electrons. The number of ether oxygens (including phenoxy) is 1. The highest BCUT2D eigenvalue weighted by atomic mass is 35.5. The maximum Gasteiger partial charge on any atom is 0.260 e. The van der Waals surface area contributed by atoms with Crippen molar-refractivity contribution >= 4 is 34.0 Å². The molecule has 0 bridgehead atoms. The van der Waals surface area contributed by atoms with Crippen LogP contribution in [0.15, 0.2) is 60.1 Å². The minimum Gasteiger partial charge on any atom is -0.482 e. The summed E-state index contributed by atoms with van der Waals surface area (Å²) in [6.45, 7) is 2.89. The lowest BCUT2D eigenvalue weighted by molar-refractivity contribution is -0.133. The van der Waals surface area contributed by atoms with E-state index in [2.05, 4.69) is 9.88 Å². The Bertz CT molecular complexity index is 926. The molecule has 28 heavy (non-hydrogen) atoms. The third kappa shape index (κ3) is 4.29. The van der Waals surface area contributed by atoms with Gasteiger partial charge in [0, 0.05) is 37.8 Å². The molecule has 4 rings (SSSR count). The summed E-state index contributed by atoms with van der Waals surface area (Å²) in [7, 11) is 0. The minimum absolute atomic E-state index is 0.0122. The summed E-state index contributed by atoms with van der Waals surface area (Å²) < 4.78 is 5.69. The lowest BCUT2D eigenvalue weighted by Gasteiger charge is -2.34. The van der Waals surface area contributed by atoms with Crippen molar-refractivity contribution in [3.05, 3.63) is 65.1 Å². The first-order chi connectivity index (χ1) is 13.7. The molecule has 1 amide bonds. The first kappa shape index (κ1) is 18.8. The van der Waals surface area contributed by atoms with E-state index in [4.69, 9.17) is 16.3 Å². The smallest absolute Gasteiger partial charge is 0.260 e. The number of piperazine rings is 1. The molecule has 1 aliphatic heterocycles. The van der Waals surface area contributed by atoms with E-state index in [1.54, 1.807) is 17.5 Å². The van der Waals surface area contributed by atoms with Gasteiger partial charge in [-0.25, -0.2) is 4.98 Å². The number of benzene rings is 2. The van der Waals surface area contributed by atoms with Crippen molar-refractivity contribution in [1.29, 1.82) is 0 Å². The van der Waals surface area contributed by atoms with Crippen molar-refractivity contribution in [2.45, 2.75) is 0 Å². The zero-order chi connectivity index (χ0) is 19.3. The van der Waals surface area contributed by atoms with Crippen LogP contribution in [0.4, 0.5) is 5.13 Å². The summed E-state index contributed by atoms with van der Waals surface area (Å²) in [5, 5.41) is 3.48. The molecular formula is C21H20ClN3O2S. The summed E-state index contributed by atoms with van der Waals surface area (Å²) in [4.78, 5) is 20.8. The Morgan fingerprint density at radius 1 is 1.07 bits per heavy atom. The van der Waals surface area contributed by atoms with E-state index in [0.29, 0.717) is 23.9 Å². The van der Waals surface area contributed by atoms with Crippen LogP contribution < -0.4 is 9.64 Å². The molecule has 1 aromatic heterocycles. The molecule has 1 saturated heterocycles. The van der Waals surface area contributed by atoms with Gasteiger partial charge >= 0.3 is 0 Å². The molecule has 1 fully saturated rings. The number of anilines is 1. The highest BCUT2D eigenvalue weighted by Gasteiger charge is 2.22. The van der Waals surface area contributed by atoms with E-state index in [0.717, 1.165) is 29.3 Å². The third-order valence-corrected chi connectivity index (χ3v) is 5.84. The van der Waals surface area contributed by atoms with Gasteiger partial charge < -0.3 is 14.5 Å². The van der Waals surface area contributed by atoms with Crippen LogP contribution in [0.5, 0.6) is 5.75 Å². The van der Waals surface area contributed by atoms with E-state index < -0.39 is 0 Å². The zero-order valence-electron chi connectivity index (χ0n) is 15.3. The average molecular weight is 414 g/mol. The Balaban J connectivity index is 1.31. The third-order valence-electron chi connectivity index (χ3n) is 4.71. The highest BCUT2D eigenvalue weighted by Crippen LogP contribution is 2.30. The predicted octanol–water partition coefficient (Wildman–Crippen LogP) is 4.19. The predicted molar refractivity (Wildman–Crippen MR) is 113 cm³/mol. The van der Waals surface area contributed by atoms with E-state index in [1.165, 1.54) is 0 Å². The SMILES string of the molecule is O=C(COc1ccc(-c2ccccc2)cc1Cl)N1CCN(c2nccs2)CC1. The standard InChI is InChI=1S/C21H20ClN3O2S/c22-18-14-17(16-4-2-1-3-5-16)6-7-19(18)27-15-20(26)24-9-11-25(12-10-24)21-23-8-13-28-21/h1-8,13-14H,9-12,15H2. The van der Waals surface area contributed by atoms with Gasteiger partial charge in [-0.3, -0.25) is 4.79 Å². The Morgan fingerprint density at radius 3 is 2.54 bits per heavy atom. The Morgan fingerprint density at radius 2 is 1.86 bits per heavy atom. The molecule has 3 aromatic rings. The molecule has 144 valence electrons. The lowest BCUT2D eigenvalue weighted by Crippen LogP contribution is -2.50. The van der Waals surface area contributed by atoms with Gasteiger partial charge in [-0.05, 0) is 23.3 Å². The van der Waals surface area contributed by atoms with Gasteiger partial charge in [0.25, 0.3) is 5.91 Å². The summed E-state index contributed by atoms with van der Waals surface area (Å²) in [6, 6.07) is 15.6. The van der Waals surface area contributed by atoms with E-state index in [1.807, 2.05) is 58.8 Å². The van der Waals surface area contributed by atoms with Crippen molar-refractivity contribution < 1.29 is 9.53 Å². The molecular weight excluding hydrogens is 394 g/mol. The molecule has 0 aliphatic carbocycles. The summed E-state index contributed by atoms with van der Waals surface area (Å²) >= 11 is 7.98. The van der Waals surface area contributed by atoms with Gasteiger partial charge in [-0.2, -0.15) is 0 Å². The number of aromatic nitrogens is 1. The van der Waals surface area contributed by atoms with Crippen molar-refractivity contribution in [2.24, 2.45) is 0 Å². The van der Waals surface area contributed by atoms with Crippen molar-refractivity contribution in [3.8, 4) is 16.9 Å². The number of carbonyl (C=O) groups excluding carboxylic acids is 1. The quantitative estimate of drug-likeness (QED) is 0.629. The molecule has 7 heteroatoms. The van der Waals surface area contributed by atoms with Crippen molar-refractivity contribution in [1.82, 2.24) is 9.88 Å². The first-order valence-corrected chi connectivity index (χ1v) is 10.4. The molecule has 0 atom stereocenters. The molecule has 0 spiro atoms. The number of carbonyl (C=O) groups is 1. The van der Waals surface area contributed by atoms with Crippen LogP contribution in [0.1, 0.15) is 0 Å². The second kappa shape index (κ2) is 8.63. The normalized spacial score (nSPS) is 14.2. The number of thiazole rings is 1. The Hall–Kier alpha value is -2.57. The van der Waals surface area contributed by atoms with E-state index in [-0.39, 0.29) is 12.5 Å². The molecule has 0 unspecified atom stereocenters. The summed E-state index contributed by atoms with van der Waals surface area (Å²) in [5.74, 6) is 0.498. The van der Waals surface area contributed by atoms with Gasteiger partial charge in [0.1, 0.15) is 5.75 Å². The monoisotopic (exact) mass is 413 g/mol. The van der Waals surface area contributed by atoms with Crippen LogP contribution in [-0.2, 0) is 4.79 Å². The number of halogens is 1. The Labute approximate surface area is 173 Å². The lowest BCUT2D eigenvalue weighted by atomic mass is 10.1. The van der Waals surface area contributed by atoms with Crippen LogP contribution in [0, 0.1) is 0 Å². The number of amides is 1. The van der Waals surface area contributed by atoms with E-state index in [9.17, 15) is 4.79 Å². The molecule has 2 heterocycles. The van der Waals surface area contributed by atoms with Crippen molar-refractivity contribution in [2.75, 3.05) is 37.7 Å². The maximum absolute atomic E-state index is 12.5. The minimum atomic E-state index is -0.0259. The van der Waals surface area contributed by atoms with Gasteiger partial charge in [0.15, 0.2) is 11.7 Å². The first-order valence-electron chi connectivity index (χ1n) is 9.11. The van der Waals surface area contributed by atoms with Crippen LogP contribution in [0.2, 0.25) is 5.02 Å². The van der Waals surface area contributed by atoms with Gasteiger partial charge in [0.2, 0.25) is 0 Å². The molecule has 0 N–H and O–H groups in total. The fourth-order valence-corrected chi connectivity index (χ4v) is 4.11. The number of nitrogens with zero attached hydrogens (tertiary/aromatic N) is 3. The Kier molecular flexibility index (Phi) is 5.78. The topological polar surface area (TPSA) is 45.7 Å². The molecule has 0 saturated carbocycles. The van der Waals surface area contributed by atoms with Crippen LogP contribution in [0.25, 0.3) is 11.1 Å². The number of hydrogen-bond acceptors (Lipinski definition) is 5. The maximum atomic E-state index is 12.5. The second-order valence-corrected chi connectivity index (χ2v) is 7.76. The molecule has 5 nitrogen and oxygen atoms in total. The fourth-order valence-electron chi connectivity index (χ4n) is 3.18. The molecule has 1 aliphatic rings.